The summed E-state index contributed by atoms with van der Waals surface area (Å²) in [5.74, 6) is -2.27. The van der Waals surface area contributed by atoms with Gasteiger partial charge in [0.15, 0.2) is 11.6 Å². The maximum Gasteiger partial charge on any atom is 0.254 e. The highest BCUT2D eigenvalue weighted by Crippen LogP contribution is 2.24. The fourth-order valence-electron chi connectivity index (χ4n) is 4.05. The smallest absolute Gasteiger partial charge is 0.254 e. The molecule has 0 N–H and O–H groups in total. The summed E-state index contributed by atoms with van der Waals surface area (Å²) in [4.78, 5) is 31.1. The molecule has 29 heavy (non-hydrogen) atoms. The Balaban J connectivity index is 1.39. The third-order valence-electron chi connectivity index (χ3n) is 5.62. The van der Waals surface area contributed by atoms with Crippen molar-refractivity contribution >= 4 is 17.5 Å². The Kier molecular flexibility index (Phi) is 5.31. The molecule has 2 aromatic rings. The van der Waals surface area contributed by atoms with Gasteiger partial charge in [-0.1, -0.05) is 0 Å². The number of rotatable bonds is 3. The summed E-state index contributed by atoms with van der Waals surface area (Å²) in [5.41, 5.74) is 0.934. The molecule has 2 saturated heterocycles. The van der Waals surface area contributed by atoms with Crippen molar-refractivity contribution in [2.45, 2.75) is 18.9 Å². The lowest BCUT2D eigenvalue weighted by molar-refractivity contribution is -0.126. The zero-order valence-corrected chi connectivity index (χ0v) is 16.2. The quantitative estimate of drug-likeness (QED) is 0.782. The lowest BCUT2D eigenvalue weighted by atomic mass is 10.0. The molecule has 0 unspecified atom stereocenters. The lowest BCUT2D eigenvalue weighted by Crippen LogP contribution is -2.58. The molecule has 0 aliphatic carbocycles. The van der Waals surface area contributed by atoms with Gasteiger partial charge in [-0.15, -0.1) is 0 Å². The SMILES string of the molecule is Cn1cc(N2CCC[C@@H](N3CCN(C(=O)c4ccc(F)c(F)c4)CC3)C2=O)cn1. The van der Waals surface area contributed by atoms with Gasteiger partial charge in [-0.2, -0.15) is 5.10 Å². The largest absolute Gasteiger partial charge is 0.336 e. The van der Waals surface area contributed by atoms with Gasteiger partial charge in [0.25, 0.3) is 5.91 Å². The van der Waals surface area contributed by atoms with Crippen LogP contribution < -0.4 is 4.90 Å². The highest BCUT2D eigenvalue weighted by Gasteiger charge is 2.36. The number of hydrogen-bond acceptors (Lipinski definition) is 4. The third kappa shape index (κ3) is 3.87. The number of anilines is 1. The first-order valence-corrected chi connectivity index (χ1v) is 9.72. The predicted octanol–water partition coefficient (Wildman–Crippen LogP) is 1.65. The average Bonchev–Trinajstić information content (AvgIpc) is 3.16. The number of benzene rings is 1. The summed E-state index contributed by atoms with van der Waals surface area (Å²) in [6.45, 7) is 2.68. The lowest BCUT2D eigenvalue weighted by Gasteiger charge is -2.42. The molecule has 154 valence electrons. The van der Waals surface area contributed by atoms with E-state index in [1.54, 1.807) is 20.7 Å². The van der Waals surface area contributed by atoms with E-state index in [1.165, 1.54) is 6.07 Å². The molecule has 2 aliphatic heterocycles. The van der Waals surface area contributed by atoms with Gasteiger partial charge in [0, 0.05) is 51.5 Å². The third-order valence-corrected chi connectivity index (χ3v) is 5.62. The van der Waals surface area contributed by atoms with Crippen molar-refractivity contribution in [3.05, 3.63) is 47.8 Å². The number of amides is 2. The second kappa shape index (κ2) is 7.90. The summed E-state index contributed by atoms with van der Waals surface area (Å²) in [5, 5.41) is 4.15. The van der Waals surface area contributed by atoms with Crippen molar-refractivity contribution in [2.24, 2.45) is 7.05 Å². The Morgan fingerprint density at radius 3 is 2.52 bits per heavy atom. The molecule has 2 fully saturated rings. The topological polar surface area (TPSA) is 61.7 Å². The first-order chi connectivity index (χ1) is 13.9. The molecular weight excluding hydrogens is 380 g/mol. The van der Waals surface area contributed by atoms with Gasteiger partial charge in [0.1, 0.15) is 0 Å². The number of aromatic nitrogens is 2. The fraction of sp³-hybridized carbons (Fsp3) is 0.450. The standard InChI is InChI=1S/C20H23F2N5O2/c1-24-13-15(12-23-24)27-6-2-3-18(20(27)29)25-7-9-26(10-8-25)19(28)14-4-5-16(21)17(22)11-14/h4-5,11-13,18H,2-3,6-10H2,1H3/t18-/m1/s1. The van der Waals surface area contributed by atoms with Gasteiger partial charge in [-0.05, 0) is 31.0 Å². The second-order valence-electron chi connectivity index (χ2n) is 7.48. The highest BCUT2D eigenvalue weighted by atomic mass is 19.2. The molecule has 4 rings (SSSR count). The van der Waals surface area contributed by atoms with Crippen LogP contribution in [-0.4, -0.2) is 70.2 Å². The molecule has 9 heteroatoms. The summed E-state index contributed by atoms with van der Waals surface area (Å²) in [7, 11) is 1.82. The zero-order chi connectivity index (χ0) is 20.5. The second-order valence-corrected chi connectivity index (χ2v) is 7.48. The molecule has 1 atom stereocenters. The molecule has 3 heterocycles. The van der Waals surface area contributed by atoms with Crippen molar-refractivity contribution < 1.29 is 18.4 Å². The maximum atomic E-state index is 13.4. The zero-order valence-electron chi connectivity index (χ0n) is 16.2. The molecule has 1 aromatic carbocycles. The number of piperazine rings is 1. The van der Waals surface area contributed by atoms with Gasteiger partial charge in [-0.25, -0.2) is 8.78 Å². The molecule has 1 aromatic heterocycles. The average molecular weight is 403 g/mol. The van der Waals surface area contributed by atoms with Gasteiger partial charge >= 0.3 is 0 Å². The van der Waals surface area contributed by atoms with Gasteiger partial charge in [0.05, 0.1) is 17.9 Å². The number of halogens is 2. The normalized spacial score (nSPS) is 20.9. The monoisotopic (exact) mass is 403 g/mol. The summed E-state index contributed by atoms with van der Waals surface area (Å²) in [6, 6.07) is 2.97. The van der Waals surface area contributed by atoms with Crippen LogP contribution >= 0.6 is 0 Å². The number of aryl methyl sites for hydroxylation is 1. The van der Waals surface area contributed by atoms with E-state index in [4.69, 9.17) is 0 Å². The summed E-state index contributed by atoms with van der Waals surface area (Å²) < 4.78 is 28.2. The van der Waals surface area contributed by atoms with Gasteiger partial charge in [-0.3, -0.25) is 19.2 Å². The molecule has 0 bridgehead atoms. The van der Waals surface area contributed by atoms with Crippen LogP contribution in [0, 0.1) is 11.6 Å². The Morgan fingerprint density at radius 1 is 1.10 bits per heavy atom. The molecule has 0 saturated carbocycles. The van der Waals surface area contributed by atoms with Crippen molar-refractivity contribution in [3.8, 4) is 0 Å². The Labute approximate surface area is 167 Å². The van der Waals surface area contributed by atoms with Crippen LogP contribution in [0.3, 0.4) is 0 Å². The number of nitrogens with zero attached hydrogens (tertiary/aromatic N) is 5. The molecule has 0 spiro atoms. The predicted molar refractivity (Wildman–Crippen MR) is 102 cm³/mol. The fourth-order valence-corrected chi connectivity index (χ4v) is 4.05. The van der Waals surface area contributed by atoms with E-state index in [0.717, 1.165) is 30.7 Å². The van der Waals surface area contributed by atoms with E-state index < -0.39 is 11.6 Å². The molecule has 7 nitrogen and oxygen atoms in total. The van der Waals surface area contributed by atoms with Crippen LogP contribution in [0.15, 0.2) is 30.6 Å². The minimum absolute atomic E-state index is 0.0598. The van der Waals surface area contributed by atoms with Crippen molar-refractivity contribution in [1.29, 1.82) is 0 Å². The van der Waals surface area contributed by atoms with E-state index in [1.807, 2.05) is 13.2 Å². The maximum absolute atomic E-state index is 13.4. The number of carbonyl (C=O) groups is 2. The number of carbonyl (C=O) groups excluding carboxylic acids is 2. The van der Waals surface area contributed by atoms with E-state index in [9.17, 15) is 18.4 Å². The summed E-state index contributed by atoms with van der Waals surface area (Å²) >= 11 is 0. The highest BCUT2D eigenvalue weighted by molar-refractivity contribution is 5.98. The van der Waals surface area contributed by atoms with E-state index in [-0.39, 0.29) is 23.4 Å². The van der Waals surface area contributed by atoms with Crippen LogP contribution in [-0.2, 0) is 11.8 Å². The van der Waals surface area contributed by atoms with Crippen molar-refractivity contribution in [3.63, 3.8) is 0 Å². The van der Waals surface area contributed by atoms with E-state index >= 15 is 0 Å². The van der Waals surface area contributed by atoms with Crippen LogP contribution in [0.1, 0.15) is 23.2 Å². The molecular formula is C20H23F2N5O2. The number of hydrogen-bond donors (Lipinski definition) is 0. The summed E-state index contributed by atoms with van der Waals surface area (Å²) in [6.07, 6.45) is 5.21. The molecule has 2 aliphatic rings. The van der Waals surface area contributed by atoms with E-state index in [0.29, 0.717) is 32.7 Å². The molecule has 2 amide bonds. The van der Waals surface area contributed by atoms with Crippen LogP contribution in [0.4, 0.5) is 14.5 Å². The van der Waals surface area contributed by atoms with Crippen molar-refractivity contribution in [2.75, 3.05) is 37.6 Å². The van der Waals surface area contributed by atoms with E-state index in [2.05, 4.69) is 10.00 Å². The van der Waals surface area contributed by atoms with Crippen LogP contribution in [0.25, 0.3) is 0 Å². The van der Waals surface area contributed by atoms with Crippen LogP contribution in [0.5, 0.6) is 0 Å². The van der Waals surface area contributed by atoms with Crippen LogP contribution in [0.2, 0.25) is 0 Å². The Hall–Kier alpha value is -2.81. The first-order valence-electron chi connectivity index (χ1n) is 9.72. The Morgan fingerprint density at radius 2 is 1.86 bits per heavy atom. The van der Waals surface area contributed by atoms with Crippen molar-refractivity contribution in [1.82, 2.24) is 19.6 Å². The minimum atomic E-state index is -1.03. The Bertz CT molecular complexity index is 923. The number of piperidine rings is 1. The first kappa shape index (κ1) is 19.5. The van der Waals surface area contributed by atoms with Gasteiger partial charge in [0.2, 0.25) is 5.91 Å². The van der Waals surface area contributed by atoms with Gasteiger partial charge < -0.3 is 9.80 Å². The minimum Gasteiger partial charge on any atom is -0.336 e. The molecule has 0 radical (unpaired) electrons.